The number of carbonyl (C=O) groups excluding carboxylic acids is 2. The van der Waals surface area contributed by atoms with Crippen LogP contribution in [0.3, 0.4) is 0 Å². The Kier molecular flexibility index (Phi) is 5.28. The molecular weight excluding hydrogens is 372 g/mol. The quantitative estimate of drug-likeness (QED) is 0.369. The highest BCUT2D eigenvalue weighted by Crippen LogP contribution is 2.33. The Labute approximate surface area is 159 Å². The third-order valence-corrected chi connectivity index (χ3v) is 5.06. The minimum absolute atomic E-state index is 0.0564. The van der Waals surface area contributed by atoms with Crippen molar-refractivity contribution >= 4 is 57.8 Å². The zero-order valence-corrected chi connectivity index (χ0v) is 16.0. The largest absolute Gasteiger partial charge is 0.427 e. The smallest absolute Gasteiger partial charge is 0.308 e. The Bertz CT molecular complexity index is 872. The minimum atomic E-state index is -0.469. The summed E-state index contributed by atoms with van der Waals surface area (Å²) in [5.41, 5.74) is 0.892. The number of hydrogen-bond acceptors (Lipinski definition) is 7. The predicted octanol–water partition coefficient (Wildman–Crippen LogP) is 3.33. The van der Waals surface area contributed by atoms with Gasteiger partial charge in [-0.05, 0) is 23.8 Å². The van der Waals surface area contributed by atoms with Crippen LogP contribution in [0.15, 0.2) is 39.2 Å². The number of esters is 1. The molecule has 0 saturated heterocycles. The fourth-order valence-electron chi connectivity index (χ4n) is 2.25. The molecule has 26 heavy (non-hydrogen) atoms. The molecule has 134 valence electrons. The molecule has 0 spiro atoms. The van der Waals surface area contributed by atoms with E-state index in [0.717, 1.165) is 11.9 Å². The van der Waals surface area contributed by atoms with Crippen molar-refractivity contribution in [1.29, 1.82) is 5.41 Å². The van der Waals surface area contributed by atoms with Crippen LogP contribution in [0.4, 0.5) is 0 Å². The first-order valence-electron chi connectivity index (χ1n) is 7.79. The van der Waals surface area contributed by atoms with Crippen molar-refractivity contribution in [2.45, 2.75) is 26.0 Å². The topological polar surface area (TPSA) is 95.2 Å². The lowest BCUT2D eigenvalue weighted by Gasteiger charge is -2.25. The van der Waals surface area contributed by atoms with Gasteiger partial charge in [-0.2, -0.15) is 9.39 Å². The van der Waals surface area contributed by atoms with Gasteiger partial charge in [0.2, 0.25) is 5.17 Å². The van der Waals surface area contributed by atoms with E-state index < -0.39 is 11.9 Å². The summed E-state index contributed by atoms with van der Waals surface area (Å²) >= 11 is 2.62. The molecule has 2 heterocycles. The molecular formula is C17H16N4O3S2. The fourth-order valence-corrected chi connectivity index (χ4v) is 3.92. The maximum Gasteiger partial charge on any atom is 0.308 e. The average molecular weight is 388 g/mol. The number of benzene rings is 1. The molecule has 0 saturated carbocycles. The second-order valence-electron chi connectivity index (χ2n) is 5.74. The fraction of sp³-hybridized carbons (Fsp3) is 0.235. The molecule has 1 N–H and O–H groups in total. The van der Waals surface area contributed by atoms with E-state index in [4.69, 9.17) is 10.1 Å². The summed E-state index contributed by atoms with van der Waals surface area (Å²) in [4.78, 5) is 28.9. The van der Waals surface area contributed by atoms with E-state index in [2.05, 4.69) is 9.39 Å². The van der Waals surface area contributed by atoms with Crippen molar-refractivity contribution in [2.75, 3.05) is 0 Å². The van der Waals surface area contributed by atoms with Gasteiger partial charge < -0.3 is 4.74 Å². The van der Waals surface area contributed by atoms with E-state index in [1.165, 1.54) is 18.7 Å². The van der Waals surface area contributed by atoms with E-state index in [1.807, 2.05) is 13.8 Å². The number of fused-ring (bicyclic) bond motifs is 1. The van der Waals surface area contributed by atoms with Crippen LogP contribution in [0.2, 0.25) is 0 Å². The number of carbonyl (C=O) groups is 2. The van der Waals surface area contributed by atoms with Crippen molar-refractivity contribution in [1.82, 2.24) is 4.90 Å². The number of aliphatic imine (C=N–C) groups is 1. The minimum Gasteiger partial charge on any atom is -0.427 e. The van der Waals surface area contributed by atoms with E-state index in [1.54, 1.807) is 35.2 Å². The number of thioether (sulfide) groups is 1. The van der Waals surface area contributed by atoms with Crippen LogP contribution in [0.1, 0.15) is 26.3 Å². The second-order valence-corrected chi connectivity index (χ2v) is 8.01. The monoisotopic (exact) mass is 388 g/mol. The van der Waals surface area contributed by atoms with Gasteiger partial charge in [0.1, 0.15) is 11.6 Å². The standard InChI is InChI=1S/C17H16N4O3S2/c1-9(2)25-17-20-26-16-19-15(23)13(14(18)21(16)17)8-11-4-6-12(7-5-11)24-10(3)22/h4-9,18H,1-3H3. The van der Waals surface area contributed by atoms with Crippen molar-refractivity contribution in [2.24, 2.45) is 9.39 Å². The molecule has 2 aliphatic rings. The van der Waals surface area contributed by atoms with Crippen LogP contribution in [-0.4, -0.2) is 38.2 Å². The molecule has 0 aliphatic carbocycles. The normalized spacial score (nSPS) is 18.2. The lowest BCUT2D eigenvalue weighted by atomic mass is 10.1. The highest BCUT2D eigenvalue weighted by Gasteiger charge is 2.37. The zero-order chi connectivity index (χ0) is 18.8. The van der Waals surface area contributed by atoms with Crippen molar-refractivity contribution in [3.8, 4) is 5.75 Å². The summed E-state index contributed by atoms with van der Waals surface area (Å²) in [6, 6.07) is 6.68. The molecule has 1 aromatic carbocycles. The zero-order valence-electron chi connectivity index (χ0n) is 14.3. The third-order valence-electron chi connectivity index (χ3n) is 3.29. The number of amides is 1. The predicted molar refractivity (Wildman–Crippen MR) is 105 cm³/mol. The SMILES string of the molecule is CC(=O)Oc1ccc(C=C2C(=N)N3C(=NC2=O)SN=C3SC(C)C)cc1. The van der Waals surface area contributed by atoms with Gasteiger partial charge in [-0.1, -0.05) is 37.7 Å². The Balaban J connectivity index is 1.87. The number of nitrogens with one attached hydrogen (secondary N) is 1. The maximum atomic E-state index is 12.3. The van der Waals surface area contributed by atoms with Crippen molar-refractivity contribution < 1.29 is 14.3 Å². The molecule has 2 aliphatic heterocycles. The number of rotatable bonds is 3. The molecule has 0 radical (unpaired) electrons. The molecule has 0 atom stereocenters. The van der Waals surface area contributed by atoms with Crippen molar-refractivity contribution in [3.05, 3.63) is 35.4 Å². The van der Waals surface area contributed by atoms with Crippen molar-refractivity contribution in [3.63, 3.8) is 0 Å². The first kappa shape index (κ1) is 18.4. The number of nitrogens with zero attached hydrogens (tertiary/aromatic N) is 3. The van der Waals surface area contributed by atoms with E-state index in [9.17, 15) is 9.59 Å². The molecule has 1 amide bonds. The summed E-state index contributed by atoms with van der Waals surface area (Å²) in [6.45, 7) is 5.40. The number of hydrogen-bond donors (Lipinski definition) is 1. The summed E-state index contributed by atoms with van der Waals surface area (Å²) in [5.74, 6) is -0.392. The molecule has 7 nitrogen and oxygen atoms in total. The van der Waals surface area contributed by atoms with E-state index in [-0.39, 0.29) is 11.4 Å². The highest BCUT2D eigenvalue weighted by atomic mass is 32.2. The first-order valence-corrected chi connectivity index (χ1v) is 9.44. The van der Waals surface area contributed by atoms with E-state index >= 15 is 0 Å². The van der Waals surface area contributed by atoms with Gasteiger partial charge in [0, 0.05) is 12.2 Å². The van der Waals surface area contributed by atoms with Crippen LogP contribution < -0.4 is 4.74 Å². The van der Waals surface area contributed by atoms with Crippen LogP contribution in [0, 0.1) is 5.41 Å². The van der Waals surface area contributed by atoms with Gasteiger partial charge in [0.05, 0.1) is 17.5 Å². The van der Waals surface area contributed by atoms with Gasteiger partial charge in [-0.3, -0.25) is 15.0 Å². The summed E-state index contributed by atoms with van der Waals surface area (Å²) in [5, 5.41) is 9.79. The Hall–Kier alpha value is -2.39. The lowest BCUT2D eigenvalue weighted by molar-refractivity contribution is -0.131. The van der Waals surface area contributed by atoms with Gasteiger partial charge in [0.25, 0.3) is 5.91 Å². The Morgan fingerprint density at radius 1 is 1.35 bits per heavy atom. The molecule has 9 heteroatoms. The van der Waals surface area contributed by atoms with Gasteiger partial charge >= 0.3 is 5.97 Å². The summed E-state index contributed by atoms with van der Waals surface area (Å²) in [6.07, 6.45) is 1.60. The summed E-state index contributed by atoms with van der Waals surface area (Å²) in [7, 11) is 0. The number of amidine groups is 3. The highest BCUT2D eigenvalue weighted by molar-refractivity contribution is 8.19. The summed E-state index contributed by atoms with van der Waals surface area (Å²) < 4.78 is 9.30. The van der Waals surface area contributed by atoms with Crippen LogP contribution in [0.5, 0.6) is 5.75 Å². The number of ether oxygens (including phenoxy) is 1. The molecule has 0 fully saturated rings. The molecule has 1 aromatic rings. The maximum absolute atomic E-state index is 12.3. The van der Waals surface area contributed by atoms with Crippen LogP contribution >= 0.6 is 23.7 Å². The molecule has 0 bridgehead atoms. The third kappa shape index (κ3) is 3.88. The van der Waals surface area contributed by atoms with Gasteiger partial charge in [0.15, 0.2) is 5.17 Å². The van der Waals surface area contributed by atoms with Crippen LogP contribution in [-0.2, 0) is 9.59 Å². The van der Waals surface area contributed by atoms with Crippen LogP contribution in [0.25, 0.3) is 6.08 Å². The molecule has 3 rings (SSSR count). The van der Waals surface area contributed by atoms with Gasteiger partial charge in [-0.15, -0.1) is 0 Å². The second kappa shape index (κ2) is 7.46. The Morgan fingerprint density at radius 2 is 2.04 bits per heavy atom. The van der Waals surface area contributed by atoms with Gasteiger partial charge in [-0.25, -0.2) is 4.90 Å². The Morgan fingerprint density at radius 3 is 2.65 bits per heavy atom. The first-order chi connectivity index (χ1) is 12.3. The average Bonchev–Trinajstić information content (AvgIpc) is 2.94. The van der Waals surface area contributed by atoms with E-state index in [0.29, 0.717) is 26.9 Å². The lowest BCUT2D eigenvalue weighted by Crippen LogP contribution is -2.41. The molecule has 0 aromatic heterocycles. The molecule has 0 unspecified atom stereocenters.